The fourth-order valence-corrected chi connectivity index (χ4v) is 3.99. The molecule has 1 nitrogen and oxygen atoms in total. The van der Waals surface area contributed by atoms with E-state index in [1.165, 1.54) is 64.2 Å². The minimum Gasteiger partial charge on any atom is -0.311 e. The van der Waals surface area contributed by atoms with Crippen molar-refractivity contribution in [2.75, 3.05) is 0 Å². The highest BCUT2D eigenvalue weighted by molar-refractivity contribution is 4.86. The number of rotatable bonds is 4. The lowest BCUT2D eigenvalue weighted by Gasteiger charge is -2.39. The minimum absolute atomic E-state index is 0.602. The molecule has 0 aromatic heterocycles. The lowest BCUT2D eigenvalue weighted by Crippen LogP contribution is -2.45. The molecule has 0 radical (unpaired) electrons. The molecule has 1 unspecified atom stereocenters. The Morgan fingerprint density at radius 2 is 1.61 bits per heavy atom. The predicted octanol–water partition coefficient (Wildman–Crippen LogP) is 4.90. The van der Waals surface area contributed by atoms with Crippen LogP contribution in [0.25, 0.3) is 0 Å². The molecule has 2 saturated carbocycles. The van der Waals surface area contributed by atoms with Gasteiger partial charge in [0.1, 0.15) is 0 Å². The van der Waals surface area contributed by atoms with Crippen molar-refractivity contribution in [3.8, 4) is 0 Å². The quantitative estimate of drug-likeness (QED) is 0.749. The van der Waals surface area contributed by atoms with Gasteiger partial charge in [-0.15, -0.1) is 0 Å². The van der Waals surface area contributed by atoms with E-state index in [1.807, 2.05) is 0 Å². The molecule has 0 heterocycles. The van der Waals surface area contributed by atoms with E-state index in [4.69, 9.17) is 0 Å². The maximum atomic E-state index is 4.01. The molecule has 0 aromatic rings. The van der Waals surface area contributed by atoms with Gasteiger partial charge in [0.2, 0.25) is 0 Å². The van der Waals surface area contributed by atoms with E-state index in [2.05, 4.69) is 26.1 Å². The number of nitrogens with one attached hydrogen (secondary N) is 1. The summed E-state index contributed by atoms with van der Waals surface area (Å²) in [5, 5.41) is 4.01. The van der Waals surface area contributed by atoms with Crippen molar-refractivity contribution in [2.24, 2.45) is 11.3 Å². The molecular formula is C17H33N. The van der Waals surface area contributed by atoms with Gasteiger partial charge in [-0.1, -0.05) is 40.0 Å². The Bertz CT molecular complexity index is 230. The molecule has 1 N–H and O–H groups in total. The molecule has 106 valence electrons. The van der Waals surface area contributed by atoms with Gasteiger partial charge in [-0.25, -0.2) is 0 Å². The van der Waals surface area contributed by atoms with Gasteiger partial charge in [0, 0.05) is 12.1 Å². The first-order chi connectivity index (χ1) is 8.61. The SMILES string of the molecule is CCC(NC1CCC(C)(C)CC1)C1CCCCC1. The predicted molar refractivity (Wildman–Crippen MR) is 79.8 cm³/mol. The molecule has 2 aliphatic rings. The number of hydrogen-bond donors (Lipinski definition) is 1. The third-order valence-electron chi connectivity index (χ3n) is 5.45. The highest BCUT2D eigenvalue weighted by atomic mass is 15.0. The second-order valence-electron chi connectivity index (χ2n) is 7.52. The second kappa shape index (κ2) is 6.41. The van der Waals surface area contributed by atoms with Crippen molar-refractivity contribution < 1.29 is 0 Å². The van der Waals surface area contributed by atoms with Crippen LogP contribution < -0.4 is 5.32 Å². The molecule has 2 fully saturated rings. The summed E-state index contributed by atoms with van der Waals surface area (Å²) in [6, 6.07) is 1.61. The van der Waals surface area contributed by atoms with E-state index in [-0.39, 0.29) is 0 Å². The summed E-state index contributed by atoms with van der Waals surface area (Å²) in [6.45, 7) is 7.24. The van der Waals surface area contributed by atoms with Gasteiger partial charge in [0.05, 0.1) is 0 Å². The van der Waals surface area contributed by atoms with Crippen LogP contribution in [0, 0.1) is 11.3 Å². The minimum atomic E-state index is 0.602. The largest absolute Gasteiger partial charge is 0.311 e. The summed E-state index contributed by atoms with van der Waals surface area (Å²) in [6.07, 6.45) is 14.3. The van der Waals surface area contributed by atoms with Crippen molar-refractivity contribution in [2.45, 2.75) is 97.1 Å². The van der Waals surface area contributed by atoms with Crippen molar-refractivity contribution in [3.05, 3.63) is 0 Å². The molecule has 1 heteroatoms. The third kappa shape index (κ3) is 3.98. The third-order valence-corrected chi connectivity index (χ3v) is 5.45. The Morgan fingerprint density at radius 1 is 1.00 bits per heavy atom. The Morgan fingerprint density at radius 3 is 2.17 bits per heavy atom. The van der Waals surface area contributed by atoms with E-state index in [0.717, 1.165) is 18.0 Å². The van der Waals surface area contributed by atoms with E-state index >= 15 is 0 Å². The van der Waals surface area contributed by atoms with Gasteiger partial charge in [-0.05, 0) is 56.3 Å². The first-order valence-corrected chi connectivity index (χ1v) is 8.37. The van der Waals surface area contributed by atoms with E-state index < -0.39 is 0 Å². The summed E-state index contributed by atoms with van der Waals surface area (Å²) >= 11 is 0. The zero-order chi connectivity index (χ0) is 13.0. The van der Waals surface area contributed by atoms with Gasteiger partial charge in [0.25, 0.3) is 0 Å². The summed E-state index contributed by atoms with van der Waals surface area (Å²) in [5.41, 5.74) is 0.602. The molecule has 2 rings (SSSR count). The molecule has 0 saturated heterocycles. The summed E-state index contributed by atoms with van der Waals surface area (Å²) in [5.74, 6) is 0.971. The molecule has 1 atom stereocenters. The van der Waals surface area contributed by atoms with Crippen molar-refractivity contribution in [3.63, 3.8) is 0 Å². The fraction of sp³-hybridized carbons (Fsp3) is 1.00. The van der Waals surface area contributed by atoms with Crippen molar-refractivity contribution in [1.82, 2.24) is 5.32 Å². The summed E-state index contributed by atoms with van der Waals surface area (Å²) < 4.78 is 0. The standard InChI is InChI=1S/C17H33N/c1-4-16(14-8-6-5-7-9-14)18-15-10-12-17(2,3)13-11-15/h14-16,18H,4-13H2,1-3H3. The summed E-state index contributed by atoms with van der Waals surface area (Å²) in [4.78, 5) is 0. The van der Waals surface area contributed by atoms with Crippen LogP contribution in [-0.2, 0) is 0 Å². The van der Waals surface area contributed by atoms with Crippen LogP contribution in [0.5, 0.6) is 0 Å². The number of hydrogen-bond acceptors (Lipinski definition) is 1. The Labute approximate surface area is 114 Å². The van der Waals surface area contributed by atoms with Crippen LogP contribution in [0.1, 0.15) is 85.0 Å². The smallest absolute Gasteiger partial charge is 0.00952 e. The van der Waals surface area contributed by atoms with Crippen molar-refractivity contribution in [1.29, 1.82) is 0 Å². The van der Waals surface area contributed by atoms with Gasteiger partial charge >= 0.3 is 0 Å². The molecule has 0 aromatic carbocycles. The zero-order valence-electron chi connectivity index (χ0n) is 12.8. The molecule has 0 aliphatic heterocycles. The zero-order valence-corrected chi connectivity index (χ0v) is 12.8. The first kappa shape index (κ1) is 14.4. The topological polar surface area (TPSA) is 12.0 Å². The van der Waals surface area contributed by atoms with Gasteiger partial charge in [-0.2, -0.15) is 0 Å². The molecule has 0 spiro atoms. The van der Waals surface area contributed by atoms with Crippen LogP contribution in [0.2, 0.25) is 0 Å². The van der Waals surface area contributed by atoms with Gasteiger partial charge in [0.15, 0.2) is 0 Å². The van der Waals surface area contributed by atoms with Crippen molar-refractivity contribution >= 4 is 0 Å². The molecule has 0 amide bonds. The highest BCUT2D eigenvalue weighted by Crippen LogP contribution is 2.36. The van der Waals surface area contributed by atoms with Crippen LogP contribution in [-0.4, -0.2) is 12.1 Å². The van der Waals surface area contributed by atoms with Gasteiger partial charge in [-0.3, -0.25) is 0 Å². The van der Waals surface area contributed by atoms with Crippen LogP contribution in [0.4, 0.5) is 0 Å². The van der Waals surface area contributed by atoms with Crippen LogP contribution in [0.15, 0.2) is 0 Å². The van der Waals surface area contributed by atoms with Gasteiger partial charge < -0.3 is 5.32 Å². The lowest BCUT2D eigenvalue weighted by atomic mass is 9.75. The Kier molecular flexibility index (Phi) is 5.12. The monoisotopic (exact) mass is 251 g/mol. The average Bonchev–Trinajstić information content (AvgIpc) is 2.39. The molecule has 18 heavy (non-hydrogen) atoms. The normalized spacial score (nSPS) is 28.2. The second-order valence-corrected chi connectivity index (χ2v) is 7.52. The maximum Gasteiger partial charge on any atom is 0.00952 e. The van der Waals surface area contributed by atoms with E-state index in [1.54, 1.807) is 0 Å². The fourth-order valence-electron chi connectivity index (χ4n) is 3.99. The summed E-state index contributed by atoms with van der Waals surface area (Å²) in [7, 11) is 0. The molecule has 2 aliphatic carbocycles. The lowest BCUT2D eigenvalue weighted by molar-refractivity contribution is 0.173. The first-order valence-electron chi connectivity index (χ1n) is 8.37. The maximum absolute atomic E-state index is 4.01. The highest BCUT2D eigenvalue weighted by Gasteiger charge is 2.29. The Hall–Kier alpha value is -0.0400. The van der Waals surface area contributed by atoms with Crippen LogP contribution >= 0.6 is 0 Å². The molecular weight excluding hydrogens is 218 g/mol. The average molecular weight is 251 g/mol. The molecule has 0 bridgehead atoms. The van der Waals surface area contributed by atoms with E-state index in [0.29, 0.717) is 5.41 Å². The van der Waals surface area contributed by atoms with Crippen LogP contribution in [0.3, 0.4) is 0 Å². The van der Waals surface area contributed by atoms with E-state index in [9.17, 15) is 0 Å². The Balaban J connectivity index is 1.79.